The maximum absolute atomic E-state index is 5.84. The first-order valence-corrected chi connectivity index (χ1v) is 5.23. The smallest absolute Gasteiger partial charge is 0.127 e. The number of rotatable bonds is 3. The van der Waals surface area contributed by atoms with E-state index >= 15 is 0 Å². The molecule has 2 aromatic rings. The second-order valence-electron chi connectivity index (χ2n) is 3.83. The summed E-state index contributed by atoms with van der Waals surface area (Å²) in [6.45, 7) is 2.71. The van der Waals surface area contributed by atoms with E-state index in [1.165, 1.54) is 0 Å². The number of nitrogens with one attached hydrogen (secondary N) is 1. The van der Waals surface area contributed by atoms with E-state index < -0.39 is 0 Å². The monoisotopic (exact) mass is 216 g/mol. The van der Waals surface area contributed by atoms with Gasteiger partial charge in [-0.2, -0.15) is 0 Å². The number of nitrogens with zero attached hydrogens (tertiary/aromatic N) is 2. The normalized spacial score (nSPS) is 10.4. The number of nitrogens with two attached hydrogens (primary N) is 1. The Kier molecular flexibility index (Phi) is 2.81. The van der Waals surface area contributed by atoms with Crippen LogP contribution >= 0.6 is 0 Å². The molecule has 1 heterocycles. The maximum atomic E-state index is 5.84. The van der Waals surface area contributed by atoms with Crippen molar-refractivity contribution in [1.29, 1.82) is 0 Å². The summed E-state index contributed by atoms with van der Waals surface area (Å²) < 4.78 is 1.99. The Hall–Kier alpha value is -1.97. The van der Waals surface area contributed by atoms with E-state index in [-0.39, 0.29) is 0 Å². The number of anilines is 2. The molecule has 0 unspecified atom stereocenters. The van der Waals surface area contributed by atoms with E-state index in [4.69, 9.17) is 5.73 Å². The van der Waals surface area contributed by atoms with Crippen LogP contribution in [0.5, 0.6) is 0 Å². The molecule has 4 nitrogen and oxygen atoms in total. The number of benzene rings is 1. The Morgan fingerprint density at radius 2 is 2.25 bits per heavy atom. The van der Waals surface area contributed by atoms with Crippen LogP contribution in [-0.4, -0.2) is 9.55 Å². The molecule has 16 heavy (non-hydrogen) atoms. The standard InChI is InChI=1S/C12H16N4/c1-9-10(13)4-3-5-11(9)15-8-12-14-6-7-16(12)2/h3-7,15H,8,13H2,1-2H3. The minimum Gasteiger partial charge on any atom is -0.398 e. The van der Waals surface area contributed by atoms with Gasteiger partial charge >= 0.3 is 0 Å². The van der Waals surface area contributed by atoms with E-state index in [1.807, 2.05) is 42.9 Å². The second kappa shape index (κ2) is 4.26. The molecule has 0 aliphatic carbocycles. The summed E-state index contributed by atoms with van der Waals surface area (Å²) in [5.41, 5.74) is 8.79. The van der Waals surface area contributed by atoms with Gasteiger partial charge in [0.1, 0.15) is 5.82 Å². The van der Waals surface area contributed by atoms with Crippen molar-refractivity contribution in [3.05, 3.63) is 42.0 Å². The summed E-state index contributed by atoms with van der Waals surface area (Å²) in [7, 11) is 1.98. The van der Waals surface area contributed by atoms with Crippen LogP contribution in [0.25, 0.3) is 0 Å². The quantitative estimate of drug-likeness (QED) is 0.771. The lowest BCUT2D eigenvalue weighted by atomic mass is 10.1. The summed E-state index contributed by atoms with van der Waals surface area (Å²) in [5, 5.41) is 3.33. The Morgan fingerprint density at radius 1 is 1.44 bits per heavy atom. The molecule has 0 aliphatic rings. The van der Waals surface area contributed by atoms with E-state index in [1.54, 1.807) is 6.20 Å². The average Bonchev–Trinajstić information content (AvgIpc) is 2.67. The molecule has 0 atom stereocenters. The molecule has 0 fully saturated rings. The predicted molar refractivity (Wildman–Crippen MR) is 66.1 cm³/mol. The first kappa shape index (κ1) is 10.5. The molecular formula is C12H16N4. The molecule has 0 amide bonds. The van der Waals surface area contributed by atoms with Crippen LogP contribution in [0.2, 0.25) is 0 Å². The number of hydrogen-bond acceptors (Lipinski definition) is 3. The Balaban J connectivity index is 2.11. The minimum absolute atomic E-state index is 0.702. The van der Waals surface area contributed by atoms with Gasteiger partial charge in [-0.1, -0.05) is 6.07 Å². The Morgan fingerprint density at radius 3 is 2.94 bits per heavy atom. The fourth-order valence-electron chi connectivity index (χ4n) is 1.59. The van der Waals surface area contributed by atoms with Crippen LogP contribution in [-0.2, 0) is 13.6 Å². The van der Waals surface area contributed by atoms with Crippen molar-refractivity contribution >= 4 is 11.4 Å². The molecule has 0 saturated carbocycles. The highest BCUT2D eigenvalue weighted by Crippen LogP contribution is 2.20. The molecule has 1 aromatic heterocycles. The highest BCUT2D eigenvalue weighted by Gasteiger charge is 2.02. The maximum Gasteiger partial charge on any atom is 0.127 e. The summed E-state index contributed by atoms with van der Waals surface area (Å²) in [6.07, 6.45) is 3.73. The molecule has 0 aliphatic heterocycles. The van der Waals surface area contributed by atoms with Gasteiger partial charge < -0.3 is 15.6 Å². The topological polar surface area (TPSA) is 55.9 Å². The van der Waals surface area contributed by atoms with E-state index in [0.29, 0.717) is 6.54 Å². The summed E-state index contributed by atoms with van der Waals surface area (Å²) in [5.74, 6) is 1.00. The fraction of sp³-hybridized carbons (Fsp3) is 0.250. The fourth-order valence-corrected chi connectivity index (χ4v) is 1.59. The summed E-state index contributed by atoms with van der Waals surface area (Å²) in [6, 6.07) is 5.87. The molecule has 0 radical (unpaired) electrons. The zero-order chi connectivity index (χ0) is 11.5. The molecule has 84 valence electrons. The number of nitrogen functional groups attached to an aromatic ring is 1. The van der Waals surface area contributed by atoms with Crippen molar-refractivity contribution < 1.29 is 0 Å². The zero-order valence-electron chi connectivity index (χ0n) is 9.57. The lowest BCUT2D eigenvalue weighted by molar-refractivity contribution is 0.812. The molecule has 1 aromatic carbocycles. The van der Waals surface area contributed by atoms with E-state index in [0.717, 1.165) is 22.8 Å². The molecule has 4 heteroatoms. The van der Waals surface area contributed by atoms with Crippen molar-refractivity contribution in [2.75, 3.05) is 11.1 Å². The van der Waals surface area contributed by atoms with Gasteiger partial charge in [-0.25, -0.2) is 4.98 Å². The third-order valence-electron chi connectivity index (χ3n) is 2.73. The highest BCUT2D eigenvalue weighted by atomic mass is 15.1. The second-order valence-corrected chi connectivity index (χ2v) is 3.83. The SMILES string of the molecule is Cc1c(N)cccc1NCc1nccn1C. The molecular weight excluding hydrogens is 200 g/mol. The highest BCUT2D eigenvalue weighted by molar-refractivity contribution is 5.62. The van der Waals surface area contributed by atoms with E-state index in [2.05, 4.69) is 10.3 Å². The van der Waals surface area contributed by atoms with Crippen LogP contribution in [0, 0.1) is 6.92 Å². The molecule has 0 saturated heterocycles. The molecule has 2 rings (SSSR count). The lowest BCUT2D eigenvalue weighted by Crippen LogP contribution is -2.07. The van der Waals surface area contributed by atoms with Gasteiger partial charge in [-0.15, -0.1) is 0 Å². The number of imidazole rings is 1. The molecule has 3 N–H and O–H groups in total. The van der Waals surface area contributed by atoms with Gasteiger partial charge in [0.2, 0.25) is 0 Å². The summed E-state index contributed by atoms with van der Waals surface area (Å²) in [4.78, 5) is 4.25. The van der Waals surface area contributed by atoms with Gasteiger partial charge in [0.15, 0.2) is 0 Å². The van der Waals surface area contributed by atoms with Crippen LogP contribution in [0.15, 0.2) is 30.6 Å². The Bertz CT molecular complexity index is 488. The largest absolute Gasteiger partial charge is 0.398 e. The van der Waals surface area contributed by atoms with Gasteiger partial charge in [0.05, 0.1) is 6.54 Å². The van der Waals surface area contributed by atoms with Gasteiger partial charge in [-0.05, 0) is 24.6 Å². The van der Waals surface area contributed by atoms with Gasteiger partial charge in [0, 0.05) is 30.8 Å². The zero-order valence-corrected chi connectivity index (χ0v) is 9.57. The van der Waals surface area contributed by atoms with Crippen LogP contribution in [0.1, 0.15) is 11.4 Å². The molecule has 0 spiro atoms. The van der Waals surface area contributed by atoms with Crippen molar-refractivity contribution in [3.63, 3.8) is 0 Å². The third-order valence-corrected chi connectivity index (χ3v) is 2.73. The Labute approximate surface area is 95.1 Å². The van der Waals surface area contributed by atoms with E-state index in [9.17, 15) is 0 Å². The summed E-state index contributed by atoms with van der Waals surface area (Å²) >= 11 is 0. The third kappa shape index (κ3) is 2.00. The predicted octanol–water partition coefficient (Wildman–Crippen LogP) is 1.92. The average molecular weight is 216 g/mol. The lowest BCUT2D eigenvalue weighted by Gasteiger charge is -2.10. The van der Waals surface area contributed by atoms with Crippen LogP contribution in [0.4, 0.5) is 11.4 Å². The van der Waals surface area contributed by atoms with Crippen LogP contribution in [0.3, 0.4) is 0 Å². The van der Waals surface area contributed by atoms with Gasteiger partial charge in [0.25, 0.3) is 0 Å². The molecule has 0 bridgehead atoms. The van der Waals surface area contributed by atoms with Crippen molar-refractivity contribution in [1.82, 2.24) is 9.55 Å². The van der Waals surface area contributed by atoms with Gasteiger partial charge in [-0.3, -0.25) is 0 Å². The number of aryl methyl sites for hydroxylation is 1. The number of aromatic nitrogens is 2. The first-order valence-electron chi connectivity index (χ1n) is 5.23. The van der Waals surface area contributed by atoms with Crippen LogP contribution < -0.4 is 11.1 Å². The number of hydrogen-bond donors (Lipinski definition) is 2. The van der Waals surface area contributed by atoms with Crippen molar-refractivity contribution in [2.45, 2.75) is 13.5 Å². The van der Waals surface area contributed by atoms with Crippen molar-refractivity contribution in [3.8, 4) is 0 Å². The van der Waals surface area contributed by atoms with Crippen molar-refractivity contribution in [2.24, 2.45) is 7.05 Å². The first-order chi connectivity index (χ1) is 7.68. The minimum atomic E-state index is 0.702.